The second kappa shape index (κ2) is 5.91. The molecule has 0 saturated carbocycles. The van der Waals surface area contributed by atoms with Crippen molar-refractivity contribution >= 4 is 55.0 Å². The smallest absolute Gasteiger partial charge is 0.149 e. The third-order valence-electron chi connectivity index (χ3n) is 2.22. The van der Waals surface area contributed by atoms with Crippen molar-refractivity contribution in [1.82, 2.24) is 4.98 Å². The van der Waals surface area contributed by atoms with Crippen LogP contribution in [0.3, 0.4) is 0 Å². The summed E-state index contributed by atoms with van der Waals surface area (Å²) in [5.74, 6) is 1.38. The summed E-state index contributed by atoms with van der Waals surface area (Å²) >= 11 is 12.8. The largest absolute Gasteiger partial charge is 0.496 e. The van der Waals surface area contributed by atoms with E-state index in [1.165, 1.54) is 0 Å². The van der Waals surface area contributed by atoms with Crippen LogP contribution < -0.4 is 10.1 Å². The molecule has 6 heteroatoms. The topological polar surface area (TPSA) is 34.1 Å². The molecule has 3 nitrogen and oxygen atoms in total. The maximum atomic E-state index is 6.09. The quantitative estimate of drug-likeness (QED) is 0.797. The van der Waals surface area contributed by atoms with Crippen LogP contribution in [0.15, 0.2) is 39.4 Å². The number of pyridine rings is 1. The van der Waals surface area contributed by atoms with E-state index in [4.69, 9.17) is 16.3 Å². The molecule has 0 radical (unpaired) electrons. The molecular weight excluding hydrogens is 383 g/mol. The Bertz CT molecular complexity index is 578. The van der Waals surface area contributed by atoms with E-state index in [-0.39, 0.29) is 0 Å². The van der Waals surface area contributed by atoms with Crippen LogP contribution in [0, 0.1) is 0 Å². The first-order chi connectivity index (χ1) is 8.60. The molecule has 0 aliphatic rings. The highest BCUT2D eigenvalue weighted by molar-refractivity contribution is 9.10. The predicted molar refractivity (Wildman–Crippen MR) is 80.9 cm³/mol. The normalized spacial score (nSPS) is 10.2. The molecule has 1 heterocycles. The van der Waals surface area contributed by atoms with Gasteiger partial charge < -0.3 is 10.1 Å². The number of aromatic nitrogens is 1. The van der Waals surface area contributed by atoms with Crippen LogP contribution in [-0.2, 0) is 0 Å². The van der Waals surface area contributed by atoms with Crippen molar-refractivity contribution in [1.29, 1.82) is 0 Å². The van der Waals surface area contributed by atoms with Gasteiger partial charge in [-0.3, -0.25) is 0 Å². The van der Waals surface area contributed by atoms with Crippen molar-refractivity contribution in [2.75, 3.05) is 12.4 Å². The number of methoxy groups -OCH3 is 1. The minimum atomic E-state index is 0.552. The molecule has 1 N–H and O–H groups in total. The Morgan fingerprint density at radius 1 is 1.28 bits per heavy atom. The molecule has 0 spiro atoms. The van der Waals surface area contributed by atoms with Gasteiger partial charge in [-0.25, -0.2) is 4.98 Å². The third-order valence-corrected chi connectivity index (χ3v) is 3.56. The summed E-state index contributed by atoms with van der Waals surface area (Å²) < 4.78 is 6.87. The number of nitrogens with one attached hydrogen (secondary N) is 1. The zero-order valence-corrected chi connectivity index (χ0v) is 13.3. The summed E-state index contributed by atoms with van der Waals surface area (Å²) in [6.07, 6.45) is 1.69. The lowest BCUT2D eigenvalue weighted by molar-refractivity contribution is 0.412. The Labute approximate surface area is 127 Å². The molecule has 0 unspecified atom stereocenters. The molecule has 2 aromatic rings. The standard InChI is InChI=1S/C12H9Br2ClN2O/c1-18-11-3-2-8(5-9(11)14)17-12-10(15)4-7(13)6-16-12/h2-6H,1H3,(H,16,17). The molecule has 1 aromatic carbocycles. The van der Waals surface area contributed by atoms with Crippen molar-refractivity contribution in [3.05, 3.63) is 44.4 Å². The fourth-order valence-electron chi connectivity index (χ4n) is 1.39. The molecule has 94 valence electrons. The van der Waals surface area contributed by atoms with Crippen LogP contribution in [0.2, 0.25) is 5.02 Å². The molecule has 18 heavy (non-hydrogen) atoms. The van der Waals surface area contributed by atoms with Gasteiger partial charge >= 0.3 is 0 Å². The molecule has 0 atom stereocenters. The van der Waals surface area contributed by atoms with Gasteiger partial charge in [0.15, 0.2) is 0 Å². The first-order valence-electron chi connectivity index (χ1n) is 5.02. The molecule has 0 bridgehead atoms. The summed E-state index contributed by atoms with van der Waals surface area (Å²) in [5, 5.41) is 3.69. The average Bonchev–Trinajstić information content (AvgIpc) is 2.33. The molecule has 0 amide bonds. The van der Waals surface area contributed by atoms with Crippen LogP contribution in [0.25, 0.3) is 0 Å². The summed E-state index contributed by atoms with van der Waals surface area (Å²) in [4.78, 5) is 4.21. The van der Waals surface area contributed by atoms with Crippen molar-refractivity contribution in [3.8, 4) is 5.75 Å². The molecule has 0 aliphatic heterocycles. The predicted octanol–water partition coefficient (Wildman–Crippen LogP) is 5.01. The van der Waals surface area contributed by atoms with Gasteiger partial charge in [0.05, 0.1) is 16.6 Å². The molecular formula is C12H9Br2ClN2O. The number of hydrogen-bond acceptors (Lipinski definition) is 3. The lowest BCUT2D eigenvalue weighted by atomic mass is 10.3. The van der Waals surface area contributed by atoms with Gasteiger partial charge in [-0.05, 0) is 56.1 Å². The van der Waals surface area contributed by atoms with E-state index in [1.54, 1.807) is 19.4 Å². The Morgan fingerprint density at radius 2 is 2.06 bits per heavy atom. The Morgan fingerprint density at radius 3 is 2.67 bits per heavy atom. The Hall–Kier alpha value is -0.780. The fraction of sp³-hybridized carbons (Fsp3) is 0.0833. The maximum absolute atomic E-state index is 6.09. The van der Waals surface area contributed by atoms with E-state index in [0.717, 1.165) is 20.4 Å². The van der Waals surface area contributed by atoms with Crippen molar-refractivity contribution in [3.63, 3.8) is 0 Å². The van der Waals surface area contributed by atoms with E-state index < -0.39 is 0 Å². The van der Waals surface area contributed by atoms with E-state index in [0.29, 0.717) is 10.8 Å². The van der Waals surface area contributed by atoms with E-state index >= 15 is 0 Å². The van der Waals surface area contributed by atoms with Crippen molar-refractivity contribution < 1.29 is 4.74 Å². The van der Waals surface area contributed by atoms with Gasteiger partial charge in [0.25, 0.3) is 0 Å². The van der Waals surface area contributed by atoms with E-state index in [9.17, 15) is 0 Å². The van der Waals surface area contributed by atoms with Gasteiger partial charge in [0, 0.05) is 16.4 Å². The first-order valence-corrected chi connectivity index (χ1v) is 6.98. The summed E-state index contributed by atoms with van der Waals surface area (Å²) in [6.45, 7) is 0. The monoisotopic (exact) mass is 390 g/mol. The SMILES string of the molecule is COc1ccc(Nc2ncc(Br)cc2Cl)cc1Br. The third kappa shape index (κ3) is 3.16. The van der Waals surface area contributed by atoms with Gasteiger partial charge in [0.1, 0.15) is 11.6 Å². The molecule has 0 saturated heterocycles. The lowest BCUT2D eigenvalue weighted by Gasteiger charge is -2.09. The van der Waals surface area contributed by atoms with Crippen LogP contribution in [0.5, 0.6) is 5.75 Å². The number of nitrogens with zero attached hydrogens (tertiary/aromatic N) is 1. The lowest BCUT2D eigenvalue weighted by Crippen LogP contribution is -1.95. The van der Waals surface area contributed by atoms with Gasteiger partial charge in [-0.15, -0.1) is 0 Å². The van der Waals surface area contributed by atoms with Crippen LogP contribution in [0.1, 0.15) is 0 Å². The highest BCUT2D eigenvalue weighted by atomic mass is 79.9. The van der Waals surface area contributed by atoms with Gasteiger partial charge in [-0.2, -0.15) is 0 Å². The maximum Gasteiger partial charge on any atom is 0.149 e. The van der Waals surface area contributed by atoms with Crippen molar-refractivity contribution in [2.45, 2.75) is 0 Å². The van der Waals surface area contributed by atoms with Crippen LogP contribution in [0.4, 0.5) is 11.5 Å². The second-order valence-electron chi connectivity index (χ2n) is 3.46. The molecule has 0 fully saturated rings. The van der Waals surface area contributed by atoms with E-state index in [1.807, 2.05) is 18.2 Å². The second-order valence-corrected chi connectivity index (χ2v) is 5.64. The highest BCUT2D eigenvalue weighted by Gasteiger charge is 2.05. The van der Waals surface area contributed by atoms with Gasteiger partial charge in [-0.1, -0.05) is 11.6 Å². The molecule has 0 aliphatic carbocycles. The number of ether oxygens (including phenoxy) is 1. The molecule has 1 aromatic heterocycles. The molecule has 2 rings (SSSR count). The van der Waals surface area contributed by atoms with Crippen LogP contribution >= 0.6 is 43.5 Å². The number of hydrogen-bond donors (Lipinski definition) is 1. The number of benzene rings is 1. The van der Waals surface area contributed by atoms with Crippen molar-refractivity contribution in [2.24, 2.45) is 0 Å². The van der Waals surface area contributed by atoms with Crippen LogP contribution in [-0.4, -0.2) is 12.1 Å². The number of halogens is 3. The first kappa shape index (κ1) is 13.6. The zero-order chi connectivity index (χ0) is 13.1. The fourth-order valence-corrected chi connectivity index (χ4v) is 2.60. The number of rotatable bonds is 3. The Kier molecular flexibility index (Phi) is 4.48. The summed E-state index contributed by atoms with van der Waals surface area (Å²) in [7, 11) is 1.63. The minimum absolute atomic E-state index is 0.552. The number of anilines is 2. The summed E-state index contributed by atoms with van der Waals surface area (Å²) in [5.41, 5.74) is 0.874. The zero-order valence-electron chi connectivity index (χ0n) is 9.38. The average molecular weight is 392 g/mol. The van der Waals surface area contributed by atoms with Gasteiger partial charge in [0.2, 0.25) is 0 Å². The Balaban J connectivity index is 2.26. The summed E-state index contributed by atoms with van der Waals surface area (Å²) in [6, 6.07) is 7.44. The minimum Gasteiger partial charge on any atom is -0.496 e. The highest BCUT2D eigenvalue weighted by Crippen LogP contribution is 2.31. The van der Waals surface area contributed by atoms with E-state index in [2.05, 4.69) is 42.2 Å².